The number of rotatable bonds is 12. The zero-order chi connectivity index (χ0) is 32.8. The van der Waals surface area contributed by atoms with E-state index in [-0.39, 0.29) is 11.5 Å². The fourth-order valence-corrected chi connectivity index (χ4v) is 5.76. The first-order valence-electron chi connectivity index (χ1n) is 15.1. The van der Waals surface area contributed by atoms with Crippen LogP contribution >= 0.6 is 0 Å². The lowest BCUT2D eigenvalue weighted by atomic mass is 9.94. The maximum atomic E-state index is 12.5. The van der Waals surface area contributed by atoms with E-state index in [1.165, 1.54) is 46.5 Å². The molecule has 0 N–H and O–H groups in total. The number of ether oxygens (including phenoxy) is 2. The number of benzene rings is 4. The molecule has 0 saturated heterocycles. The minimum Gasteiger partial charge on any atom is -0.406 e. The molecular weight excluding hydrogens is 590 g/mol. The summed E-state index contributed by atoms with van der Waals surface area (Å²) >= 11 is 0. The molecule has 0 fully saturated rings. The van der Waals surface area contributed by atoms with Gasteiger partial charge >= 0.3 is 12.7 Å². The van der Waals surface area contributed by atoms with Gasteiger partial charge in [-0.25, -0.2) is 0 Å². The lowest BCUT2D eigenvalue weighted by Gasteiger charge is -2.14. The number of alkyl halides is 6. The zero-order valence-corrected chi connectivity index (χ0v) is 26.0. The van der Waals surface area contributed by atoms with Gasteiger partial charge in [-0.15, -0.1) is 26.3 Å². The first kappa shape index (κ1) is 33.9. The van der Waals surface area contributed by atoms with Gasteiger partial charge in [0.2, 0.25) is 0 Å². The highest BCUT2D eigenvalue weighted by Crippen LogP contribution is 2.33. The maximum Gasteiger partial charge on any atom is 0.573 e. The van der Waals surface area contributed by atoms with Crippen LogP contribution in [0.4, 0.5) is 26.3 Å². The molecule has 0 bridgehead atoms. The Hall–Kier alpha value is -3.94. The van der Waals surface area contributed by atoms with Gasteiger partial charge in [-0.2, -0.15) is 0 Å². The average molecular weight is 629 g/mol. The Balaban J connectivity index is 1.21. The highest BCUT2D eigenvalue weighted by molar-refractivity contribution is 5.70. The molecule has 4 rings (SSSR count). The quantitative estimate of drug-likeness (QED) is 0.115. The van der Waals surface area contributed by atoms with Gasteiger partial charge in [-0.05, 0) is 133 Å². The van der Waals surface area contributed by atoms with Crippen molar-refractivity contribution in [3.05, 3.63) is 106 Å². The lowest BCUT2D eigenvalue weighted by Crippen LogP contribution is -2.17. The summed E-state index contributed by atoms with van der Waals surface area (Å²) in [5.74, 6) is -0.434. The predicted octanol–water partition coefficient (Wildman–Crippen LogP) is 11.8. The maximum absolute atomic E-state index is 12.5. The van der Waals surface area contributed by atoms with Crippen molar-refractivity contribution in [1.29, 1.82) is 0 Å². The van der Waals surface area contributed by atoms with E-state index in [9.17, 15) is 26.3 Å². The van der Waals surface area contributed by atoms with Crippen molar-refractivity contribution < 1.29 is 35.8 Å². The van der Waals surface area contributed by atoms with Crippen LogP contribution in [0.1, 0.15) is 65.5 Å². The predicted molar refractivity (Wildman–Crippen MR) is 167 cm³/mol. The second kappa shape index (κ2) is 14.4. The van der Waals surface area contributed by atoms with E-state index < -0.39 is 12.7 Å². The van der Waals surface area contributed by atoms with Crippen LogP contribution in [-0.4, -0.2) is 12.7 Å². The number of hydrogen-bond acceptors (Lipinski definition) is 2. The smallest absolute Gasteiger partial charge is 0.406 e. The van der Waals surface area contributed by atoms with Crippen LogP contribution in [0.25, 0.3) is 22.3 Å². The number of unbranched alkanes of at least 4 members (excludes halogenated alkanes) is 4. The standard InChI is InChI=1S/C37H38F6O2/c1-24-20-30(34-18-16-32(22-26(34)3)44-36(38,39)40)14-12-28(24)10-8-6-5-7-9-11-29-13-15-31(21-25(29)2)35-19-17-33(23-27(35)4)45-37(41,42)43/h12-23H,5-11H2,1-4H3. The molecule has 0 saturated carbocycles. The first-order chi connectivity index (χ1) is 21.2. The van der Waals surface area contributed by atoms with Gasteiger partial charge in [0.05, 0.1) is 0 Å². The Labute approximate surface area is 261 Å². The topological polar surface area (TPSA) is 18.5 Å². The lowest BCUT2D eigenvalue weighted by molar-refractivity contribution is -0.275. The van der Waals surface area contributed by atoms with Crippen LogP contribution in [0.3, 0.4) is 0 Å². The largest absolute Gasteiger partial charge is 0.573 e. The Morgan fingerprint density at radius 3 is 1.16 bits per heavy atom. The molecule has 0 spiro atoms. The summed E-state index contributed by atoms with van der Waals surface area (Å²) in [5.41, 5.74) is 10.0. The van der Waals surface area contributed by atoms with Crippen molar-refractivity contribution >= 4 is 0 Å². The monoisotopic (exact) mass is 628 g/mol. The summed E-state index contributed by atoms with van der Waals surface area (Å²) < 4.78 is 83.3. The minimum absolute atomic E-state index is 0.217. The van der Waals surface area contributed by atoms with Crippen LogP contribution in [0.5, 0.6) is 11.5 Å². The first-order valence-corrected chi connectivity index (χ1v) is 15.1. The molecule has 0 atom stereocenters. The highest BCUT2D eigenvalue weighted by Gasteiger charge is 2.32. The summed E-state index contributed by atoms with van der Waals surface area (Å²) in [7, 11) is 0. The second-order valence-corrected chi connectivity index (χ2v) is 11.6. The minimum atomic E-state index is -4.71. The summed E-state index contributed by atoms with van der Waals surface area (Å²) in [6.45, 7) is 7.70. The van der Waals surface area contributed by atoms with Crippen molar-refractivity contribution in [3.8, 4) is 33.8 Å². The molecule has 0 aliphatic carbocycles. The molecule has 240 valence electrons. The van der Waals surface area contributed by atoms with Gasteiger partial charge in [0.15, 0.2) is 0 Å². The second-order valence-electron chi connectivity index (χ2n) is 11.6. The molecule has 0 radical (unpaired) electrons. The van der Waals surface area contributed by atoms with E-state index in [2.05, 4.69) is 47.6 Å². The molecule has 0 amide bonds. The van der Waals surface area contributed by atoms with Crippen molar-refractivity contribution in [2.45, 2.75) is 85.4 Å². The molecular formula is C37H38F6O2. The Morgan fingerprint density at radius 1 is 0.444 bits per heavy atom. The Morgan fingerprint density at radius 2 is 0.822 bits per heavy atom. The summed E-state index contributed by atoms with van der Waals surface area (Å²) in [4.78, 5) is 0. The molecule has 0 unspecified atom stereocenters. The number of aryl methyl sites for hydroxylation is 6. The third-order valence-electron chi connectivity index (χ3n) is 8.06. The Kier molecular flexibility index (Phi) is 10.9. The van der Waals surface area contributed by atoms with E-state index in [0.29, 0.717) is 0 Å². The third-order valence-corrected chi connectivity index (χ3v) is 8.06. The van der Waals surface area contributed by atoms with E-state index >= 15 is 0 Å². The van der Waals surface area contributed by atoms with Gasteiger partial charge in [-0.1, -0.05) is 67.8 Å². The average Bonchev–Trinajstić information content (AvgIpc) is 2.92. The van der Waals surface area contributed by atoms with Crippen LogP contribution < -0.4 is 9.47 Å². The van der Waals surface area contributed by atoms with Crippen molar-refractivity contribution in [3.63, 3.8) is 0 Å². The van der Waals surface area contributed by atoms with Gasteiger partial charge in [0.25, 0.3) is 0 Å². The SMILES string of the molecule is Cc1cc(-c2ccc(OC(F)(F)F)cc2C)ccc1CCCCCCCc1ccc(-c2ccc(OC(F)(F)F)cc2C)cc1C. The molecule has 4 aromatic carbocycles. The normalized spacial score (nSPS) is 12.0. The van der Waals surface area contributed by atoms with E-state index in [1.54, 1.807) is 26.0 Å². The highest BCUT2D eigenvalue weighted by atomic mass is 19.4. The Bertz CT molecular complexity index is 1490. The zero-order valence-electron chi connectivity index (χ0n) is 26.0. The van der Waals surface area contributed by atoms with Crippen LogP contribution in [0.2, 0.25) is 0 Å². The van der Waals surface area contributed by atoms with E-state index in [4.69, 9.17) is 0 Å². The van der Waals surface area contributed by atoms with E-state index in [0.717, 1.165) is 78.3 Å². The van der Waals surface area contributed by atoms with Crippen LogP contribution in [0, 0.1) is 27.7 Å². The third kappa shape index (κ3) is 10.0. The summed E-state index contributed by atoms with van der Waals surface area (Å²) in [6.07, 6.45) is -1.88. The molecule has 2 nitrogen and oxygen atoms in total. The summed E-state index contributed by atoms with van der Waals surface area (Å²) in [5, 5.41) is 0. The van der Waals surface area contributed by atoms with E-state index in [1.807, 2.05) is 12.1 Å². The molecule has 0 heterocycles. The molecule has 0 aliphatic rings. The van der Waals surface area contributed by atoms with Crippen LogP contribution in [-0.2, 0) is 12.8 Å². The molecule has 0 aromatic heterocycles. The van der Waals surface area contributed by atoms with Gasteiger partial charge in [0.1, 0.15) is 11.5 Å². The molecule has 45 heavy (non-hydrogen) atoms. The van der Waals surface area contributed by atoms with Crippen molar-refractivity contribution in [2.24, 2.45) is 0 Å². The molecule has 0 aliphatic heterocycles. The fraction of sp³-hybridized carbons (Fsp3) is 0.351. The van der Waals surface area contributed by atoms with Gasteiger partial charge in [-0.3, -0.25) is 0 Å². The van der Waals surface area contributed by atoms with Crippen molar-refractivity contribution in [2.75, 3.05) is 0 Å². The summed E-state index contributed by atoms with van der Waals surface area (Å²) in [6, 6.07) is 21.3. The van der Waals surface area contributed by atoms with Gasteiger partial charge in [0, 0.05) is 0 Å². The number of halogens is 6. The van der Waals surface area contributed by atoms with Crippen LogP contribution in [0.15, 0.2) is 72.8 Å². The molecule has 4 aromatic rings. The molecule has 8 heteroatoms. The van der Waals surface area contributed by atoms with Gasteiger partial charge < -0.3 is 9.47 Å². The number of hydrogen-bond donors (Lipinski definition) is 0. The van der Waals surface area contributed by atoms with Crippen molar-refractivity contribution in [1.82, 2.24) is 0 Å². The fourth-order valence-electron chi connectivity index (χ4n) is 5.76.